The maximum atomic E-state index is 9.96. The summed E-state index contributed by atoms with van der Waals surface area (Å²) >= 11 is 5.66. The van der Waals surface area contributed by atoms with E-state index in [0.29, 0.717) is 22.1 Å². The summed E-state index contributed by atoms with van der Waals surface area (Å²) in [4.78, 5) is 53.2. The monoisotopic (exact) mass is 368 g/mol. The molecule has 0 N–H and O–H groups in total. The van der Waals surface area contributed by atoms with Gasteiger partial charge >= 0.3 is 0 Å². The van der Waals surface area contributed by atoms with Gasteiger partial charge in [0.05, 0.1) is 27.8 Å². The predicted octanol–water partition coefficient (Wildman–Crippen LogP) is 4.20. The van der Waals surface area contributed by atoms with E-state index in [4.69, 9.17) is 11.6 Å². The van der Waals surface area contributed by atoms with Crippen LogP contribution in [0.25, 0.3) is 0 Å². The number of benzene rings is 2. The number of aliphatic imine (C=N–C) groups is 4. The van der Waals surface area contributed by atoms with Crippen molar-refractivity contribution in [2.24, 2.45) is 20.0 Å². The fourth-order valence-corrected chi connectivity index (χ4v) is 1.90. The van der Waals surface area contributed by atoms with Gasteiger partial charge in [-0.15, -0.1) is 0 Å². The SMILES string of the molecule is Cc1cc(N=C=O)cc(N=C=O)c1.O=C=Nc1ccc(Cl)c(N=C=O)c1. The Morgan fingerprint density at radius 3 is 1.69 bits per heavy atom. The molecule has 2 rings (SSSR count). The van der Waals surface area contributed by atoms with Crippen molar-refractivity contribution in [3.8, 4) is 0 Å². The largest absolute Gasteiger partial charge is 0.240 e. The van der Waals surface area contributed by atoms with Crippen molar-refractivity contribution in [3.63, 3.8) is 0 Å². The molecule has 0 bridgehead atoms. The Bertz CT molecular complexity index is 960. The van der Waals surface area contributed by atoms with Gasteiger partial charge in [0, 0.05) is 0 Å². The van der Waals surface area contributed by atoms with E-state index in [2.05, 4.69) is 20.0 Å². The van der Waals surface area contributed by atoms with E-state index in [0.717, 1.165) is 5.56 Å². The first-order chi connectivity index (χ1) is 12.5. The summed E-state index contributed by atoms with van der Waals surface area (Å²) in [7, 11) is 0. The van der Waals surface area contributed by atoms with Crippen LogP contribution in [0, 0.1) is 6.92 Å². The summed E-state index contributed by atoms with van der Waals surface area (Å²) in [6, 6.07) is 9.26. The summed E-state index contributed by atoms with van der Waals surface area (Å²) in [5.74, 6) is 0. The minimum absolute atomic E-state index is 0.230. The van der Waals surface area contributed by atoms with Gasteiger partial charge < -0.3 is 0 Å². The molecule has 0 aliphatic carbocycles. The number of isocyanates is 4. The van der Waals surface area contributed by atoms with Gasteiger partial charge in [-0.25, -0.2) is 19.2 Å². The Hall–Kier alpha value is -3.75. The van der Waals surface area contributed by atoms with Crippen LogP contribution < -0.4 is 0 Å². The van der Waals surface area contributed by atoms with E-state index in [-0.39, 0.29) is 5.69 Å². The zero-order valence-corrected chi connectivity index (χ0v) is 14.0. The van der Waals surface area contributed by atoms with Crippen molar-refractivity contribution in [2.75, 3.05) is 0 Å². The highest BCUT2D eigenvalue weighted by Crippen LogP contribution is 2.28. The minimum Gasteiger partial charge on any atom is -0.211 e. The Morgan fingerprint density at radius 1 is 0.692 bits per heavy atom. The number of hydrogen-bond acceptors (Lipinski definition) is 8. The lowest BCUT2D eigenvalue weighted by Gasteiger charge is -1.95. The number of hydrogen-bond donors (Lipinski definition) is 0. The van der Waals surface area contributed by atoms with Gasteiger partial charge in [-0.2, -0.15) is 20.0 Å². The smallest absolute Gasteiger partial charge is 0.211 e. The molecule has 9 heteroatoms. The zero-order chi connectivity index (χ0) is 19.4. The van der Waals surface area contributed by atoms with Crippen molar-refractivity contribution < 1.29 is 19.2 Å². The average Bonchev–Trinajstić information content (AvgIpc) is 2.59. The minimum atomic E-state index is 0.230. The highest BCUT2D eigenvalue weighted by molar-refractivity contribution is 6.33. The van der Waals surface area contributed by atoms with E-state index in [9.17, 15) is 19.2 Å². The van der Waals surface area contributed by atoms with Gasteiger partial charge in [0.15, 0.2) is 0 Å². The third-order valence-corrected chi connectivity index (χ3v) is 2.99. The van der Waals surface area contributed by atoms with Crippen molar-refractivity contribution in [3.05, 3.63) is 47.0 Å². The molecule has 0 aliphatic rings. The standard InChI is InChI=1S/C9H6N2O2.C8H3ClN2O2/c1-7-2-8(10-5-12)4-9(3-7)11-6-13;9-7-2-1-6(10-4-12)3-8(7)11-5-13/h2-4H,1H3;1-3H. The number of aryl methyl sites for hydroxylation is 1. The van der Waals surface area contributed by atoms with E-state index >= 15 is 0 Å². The molecule has 0 spiro atoms. The van der Waals surface area contributed by atoms with Crippen LogP contribution in [0.15, 0.2) is 56.4 Å². The summed E-state index contributed by atoms with van der Waals surface area (Å²) in [6.07, 6.45) is 5.54. The van der Waals surface area contributed by atoms with Crippen LogP contribution in [-0.2, 0) is 19.2 Å². The van der Waals surface area contributed by atoms with Gasteiger partial charge in [0.2, 0.25) is 24.3 Å². The van der Waals surface area contributed by atoms with Crippen LogP contribution in [0.5, 0.6) is 0 Å². The maximum absolute atomic E-state index is 9.96. The third-order valence-electron chi connectivity index (χ3n) is 2.67. The first-order valence-electron chi connectivity index (χ1n) is 6.76. The molecular weight excluding hydrogens is 360 g/mol. The van der Waals surface area contributed by atoms with Crippen molar-refractivity contribution >= 4 is 58.7 Å². The summed E-state index contributed by atoms with van der Waals surface area (Å²) < 4.78 is 0. The fraction of sp³-hybridized carbons (Fsp3) is 0.0588. The average molecular weight is 369 g/mol. The summed E-state index contributed by atoms with van der Waals surface area (Å²) in [6.45, 7) is 1.81. The summed E-state index contributed by atoms with van der Waals surface area (Å²) in [5.41, 5.74) is 2.31. The molecule has 0 unspecified atom stereocenters. The lowest BCUT2D eigenvalue weighted by atomic mass is 10.2. The van der Waals surface area contributed by atoms with Crippen LogP contribution in [-0.4, -0.2) is 24.3 Å². The zero-order valence-electron chi connectivity index (χ0n) is 13.3. The molecule has 2 aromatic rings. The lowest BCUT2D eigenvalue weighted by molar-refractivity contribution is 0.564. The Balaban J connectivity index is 0.000000260. The first-order valence-corrected chi connectivity index (χ1v) is 7.14. The molecule has 128 valence electrons. The number of nitrogens with zero attached hydrogens (tertiary/aromatic N) is 4. The maximum Gasteiger partial charge on any atom is 0.240 e. The molecule has 0 amide bonds. The first kappa shape index (κ1) is 20.3. The highest BCUT2D eigenvalue weighted by atomic mass is 35.5. The third kappa shape index (κ3) is 6.79. The second-order valence-corrected chi connectivity index (χ2v) is 4.88. The second kappa shape index (κ2) is 10.9. The topological polar surface area (TPSA) is 118 Å². The molecule has 0 heterocycles. The predicted molar refractivity (Wildman–Crippen MR) is 93.8 cm³/mol. The van der Waals surface area contributed by atoms with E-state index in [1.165, 1.54) is 48.6 Å². The number of halogens is 1. The molecule has 0 saturated carbocycles. The molecule has 26 heavy (non-hydrogen) atoms. The molecule has 2 aromatic carbocycles. The Morgan fingerprint density at radius 2 is 1.19 bits per heavy atom. The number of rotatable bonds is 4. The molecular formula is C17H9ClN4O4. The van der Waals surface area contributed by atoms with E-state index in [1.807, 2.05) is 6.92 Å². The van der Waals surface area contributed by atoms with Gasteiger partial charge in [0.25, 0.3) is 0 Å². The van der Waals surface area contributed by atoms with Crippen LogP contribution >= 0.6 is 11.6 Å². The van der Waals surface area contributed by atoms with Crippen LogP contribution in [0.1, 0.15) is 5.56 Å². The molecule has 0 radical (unpaired) electrons. The fourth-order valence-electron chi connectivity index (χ4n) is 1.74. The molecule has 0 fully saturated rings. The van der Waals surface area contributed by atoms with Crippen LogP contribution in [0.4, 0.5) is 22.7 Å². The van der Waals surface area contributed by atoms with Gasteiger partial charge in [0.1, 0.15) is 0 Å². The quantitative estimate of drug-likeness (QED) is 0.593. The molecule has 0 aliphatic heterocycles. The van der Waals surface area contributed by atoms with Crippen molar-refractivity contribution in [1.29, 1.82) is 0 Å². The highest BCUT2D eigenvalue weighted by Gasteiger charge is 1.99. The van der Waals surface area contributed by atoms with Crippen LogP contribution in [0.2, 0.25) is 5.02 Å². The molecule has 0 aromatic heterocycles. The summed E-state index contributed by atoms with van der Waals surface area (Å²) in [5, 5.41) is 0.299. The van der Waals surface area contributed by atoms with E-state index in [1.54, 1.807) is 12.1 Å². The Labute approximate surface area is 152 Å². The number of carbonyl (C=O) groups excluding carboxylic acids is 4. The normalized spacial score (nSPS) is 8.38. The van der Waals surface area contributed by atoms with Crippen molar-refractivity contribution in [1.82, 2.24) is 0 Å². The van der Waals surface area contributed by atoms with Crippen LogP contribution in [0.3, 0.4) is 0 Å². The second-order valence-electron chi connectivity index (χ2n) is 4.47. The van der Waals surface area contributed by atoms with Gasteiger partial charge in [-0.1, -0.05) is 11.6 Å². The van der Waals surface area contributed by atoms with Gasteiger partial charge in [-0.05, 0) is 48.9 Å². The lowest BCUT2D eigenvalue weighted by Crippen LogP contribution is -1.72. The Kier molecular flexibility index (Phi) is 8.52. The molecule has 0 saturated heterocycles. The molecule has 8 nitrogen and oxygen atoms in total. The van der Waals surface area contributed by atoms with Crippen molar-refractivity contribution in [2.45, 2.75) is 6.92 Å². The van der Waals surface area contributed by atoms with E-state index < -0.39 is 0 Å². The molecule has 0 atom stereocenters. The van der Waals surface area contributed by atoms with Gasteiger partial charge in [-0.3, -0.25) is 0 Å².